The van der Waals surface area contributed by atoms with E-state index in [1.54, 1.807) is 0 Å². The van der Waals surface area contributed by atoms with Crippen LogP contribution in [0, 0.1) is 12.3 Å². The molecule has 6 nitrogen and oxygen atoms in total. The molecule has 158 valence electrons. The number of imidazole rings is 1. The molecule has 0 radical (unpaired) electrons. The van der Waals surface area contributed by atoms with Gasteiger partial charge in [-0.25, -0.2) is 9.97 Å². The van der Waals surface area contributed by atoms with Crippen molar-refractivity contribution in [2.45, 2.75) is 38.8 Å². The van der Waals surface area contributed by atoms with Crippen LogP contribution in [0.4, 0.5) is 5.95 Å². The van der Waals surface area contributed by atoms with Crippen LogP contribution in [-0.2, 0) is 4.74 Å². The van der Waals surface area contributed by atoms with Gasteiger partial charge in [0.25, 0.3) is 0 Å². The maximum absolute atomic E-state index is 6.49. The molecule has 0 amide bonds. The molecule has 1 unspecified atom stereocenters. The monoisotopic (exact) mass is 489 g/mol. The molecule has 2 aliphatic rings. The molecule has 30 heavy (non-hydrogen) atoms. The van der Waals surface area contributed by atoms with E-state index < -0.39 is 0 Å². The standard InChI is InChI=1S/C22H25BrClN5O/c1-13-17(15-4-3-5-16(24)18(15)23)20-26-8-11-29(20)21(27-13)28-9-6-22(7-10-28)12-30-14(2)19(22)25/h3-5,8,11,14,19H,6-7,9-10,12,25H2,1-2H3/t14-,19?/m0/s1. The number of ether oxygens (including phenoxy) is 1. The predicted molar refractivity (Wildman–Crippen MR) is 123 cm³/mol. The Kier molecular flexibility index (Phi) is 5.05. The molecular weight excluding hydrogens is 466 g/mol. The van der Waals surface area contributed by atoms with Gasteiger partial charge in [-0.2, -0.15) is 0 Å². The average Bonchev–Trinajstić information content (AvgIpc) is 3.32. The number of nitrogens with two attached hydrogens (primary N) is 1. The lowest BCUT2D eigenvalue weighted by atomic mass is 9.73. The van der Waals surface area contributed by atoms with Crippen molar-refractivity contribution >= 4 is 39.1 Å². The van der Waals surface area contributed by atoms with Gasteiger partial charge in [0.15, 0.2) is 0 Å². The first kappa shape index (κ1) is 20.2. The molecule has 2 aromatic heterocycles. The van der Waals surface area contributed by atoms with E-state index in [4.69, 9.17) is 27.1 Å². The molecule has 4 heterocycles. The lowest BCUT2D eigenvalue weighted by molar-refractivity contribution is 0.0973. The molecular formula is C22H25BrClN5O. The highest BCUT2D eigenvalue weighted by atomic mass is 79.9. The minimum absolute atomic E-state index is 0.0879. The van der Waals surface area contributed by atoms with E-state index in [1.165, 1.54) is 0 Å². The number of aryl methyl sites for hydroxylation is 1. The highest BCUT2D eigenvalue weighted by Crippen LogP contribution is 2.43. The van der Waals surface area contributed by atoms with Gasteiger partial charge < -0.3 is 15.4 Å². The number of halogens is 2. The molecule has 1 aromatic carbocycles. The van der Waals surface area contributed by atoms with Gasteiger partial charge in [-0.05, 0) is 48.7 Å². The van der Waals surface area contributed by atoms with Gasteiger partial charge in [-0.3, -0.25) is 4.40 Å². The van der Waals surface area contributed by atoms with Crippen molar-refractivity contribution in [2.75, 3.05) is 24.6 Å². The summed E-state index contributed by atoms with van der Waals surface area (Å²) in [6, 6.07) is 5.97. The van der Waals surface area contributed by atoms with Crippen molar-refractivity contribution < 1.29 is 4.74 Å². The fourth-order valence-corrected chi connectivity index (χ4v) is 5.57. The smallest absolute Gasteiger partial charge is 0.211 e. The van der Waals surface area contributed by atoms with E-state index in [-0.39, 0.29) is 17.6 Å². The number of hydrogen-bond donors (Lipinski definition) is 1. The Balaban J connectivity index is 1.52. The lowest BCUT2D eigenvalue weighted by Gasteiger charge is -2.41. The van der Waals surface area contributed by atoms with Gasteiger partial charge in [0.2, 0.25) is 5.95 Å². The van der Waals surface area contributed by atoms with Crippen molar-refractivity contribution in [1.29, 1.82) is 0 Å². The first-order valence-corrected chi connectivity index (χ1v) is 11.5. The van der Waals surface area contributed by atoms with Gasteiger partial charge >= 0.3 is 0 Å². The summed E-state index contributed by atoms with van der Waals surface area (Å²) in [6.07, 6.45) is 5.97. The topological polar surface area (TPSA) is 68.7 Å². The number of anilines is 1. The number of hydrogen-bond acceptors (Lipinski definition) is 5. The zero-order valence-corrected chi connectivity index (χ0v) is 19.4. The maximum atomic E-state index is 6.49. The number of aromatic nitrogens is 3. The third-order valence-corrected chi connectivity index (χ3v) is 8.22. The van der Waals surface area contributed by atoms with E-state index in [0.29, 0.717) is 5.02 Å². The number of fused-ring (bicyclic) bond motifs is 1. The summed E-state index contributed by atoms with van der Waals surface area (Å²) in [5.41, 5.74) is 10.4. The Bertz CT molecular complexity index is 1110. The molecule has 0 aliphatic carbocycles. The summed E-state index contributed by atoms with van der Waals surface area (Å²) in [5.74, 6) is 0.928. The van der Waals surface area contributed by atoms with E-state index in [9.17, 15) is 0 Å². The van der Waals surface area contributed by atoms with Crippen LogP contribution in [0.15, 0.2) is 35.1 Å². The molecule has 1 spiro atoms. The highest BCUT2D eigenvalue weighted by molar-refractivity contribution is 9.10. The number of rotatable bonds is 2. The molecule has 2 aliphatic heterocycles. The second kappa shape index (κ2) is 7.48. The van der Waals surface area contributed by atoms with Gasteiger partial charge in [0, 0.05) is 52.5 Å². The summed E-state index contributed by atoms with van der Waals surface area (Å²) in [4.78, 5) is 12.0. The first-order chi connectivity index (χ1) is 14.4. The summed E-state index contributed by atoms with van der Waals surface area (Å²) >= 11 is 9.99. The van der Waals surface area contributed by atoms with E-state index in [2.05, 4.69) is 37.1 Å². The van der Waals surface area contributed by atoms with Crippen LogP contribution >= 0.6 is 27.5 Å². The van der Waals surface area contributed by atoms with Crippen LogP contribution in [-0.4, -0.2) is 46.2 Å². The van der Waals surface area contributed by atoms with Crippen LogP contribution in [0.2, 0.25) is 5.02 Å². The van der Waals surface area contributed by atoms with Crippen molar-refractivity contribution in [2.24, 2.45) is 11.1 Å². The second-order valence-electron chi connectivity index (χ2n) is 8.49. The van der Waals surface area contributed by atoms with Crippen LogP contribution in [0.5, 0.6) is 0 Å². The normalized spacial score (nSPS) is 23.6. The van der Waals surface area contributed by atoms with Gasteiger partial charge in [-0.15, -0.1) is 0 Å². The van der Waals surface area contributed by atoms with E-state index in [0.717, 1.165) is 65.4 Å². The highest BCUT2D eigenvalue weighted by Gasteiger charge is 2.47. The number of benzene rings is 1. The molecule has 5 rings (SSSR count). The summed E-state index contributed by atoms with van der Waals surface area (Å²) in [6.45, 7) is 6.69. The fourth-order valence-electron chi connectivity index (χ4n) is 4.93. The van der Waals surface area contributed by atoms with E-state index in [1.807, 2.05) is 37.5 Å². The Morgan fingerprint density at radius 2 is 2.07 bits per heavy atom. The first-order valence-electron chi connectivity index (χ1n) is 10.3. The molecule has 2 fully saturated rings. The Morgan fingerprint density at radius 3 is 2.77 bits per heavy atom. The molecule has 2 saturated heterocycles. The Labute approximate surface area is 189 Å². The lowest BCUT2D eigenvalue weighted by Crippen LogP contribution is -2.51. The van der Waals surface area contributed by atoms with Crippen molar-refractivity contribution in [3.8, 4) is 11.1 Å². The minimum atomic E-state index is 0.0879. The SMILES string of the molecule is Cc1nc(N2CCC3(CC2)CO[C@@H](C)C3N)n2ccnc2c1-c1cccc(Cl)c1Br. The quantitative estimate of drug-likeness (QED) is 0.575. The molecule has 3 aromatic rings. The van der Waals surface area contributed by atoms with Crippen molar-refractivity contribution in [3.05, 3.63) is 45.8 Å². The predicted octanol–water partition coefficient (Wildman–Crippen LogP) is 4.45. The Hall–Kier alpha value is -1.67. The molecule has 0 saturated carbocycles. The van der Waals surface area contributed by atoms with Gasteiger partial charge in [-0.1, -0.05) is 23.7 Å². The van der Waals surface area contributed by atoms with E-state index >= 15 is 0 Å². The van der Waals surface area contributed by atoms with Crippen molar-refractivity contribution in [3.63, 3.8) is 0 Å². The molecule has 8 heteroatoms. The largest absolute Gasteiger partial charge is 0.376 e. The summed E-state index contributed by atoms with van der Waals surface area (Å²) in [5, 5.41) is 0.673. The molecule has 2 N–H and O–H groups in total. The summed E-state index contributed by atoms with van der Waals surface area (Å²) < 4.78 is 8.82. The zero-order chi connectivity index (χ0) is 21.0. The van der Waals surface area contributed by atoms with Crippen LogP contribution < -0.4 is 10.6 Å². The Morgan fingerprint density at radius 1 is 1.30 bits per heavy atom. The van der Waals surface area contributed by atoms with Gasteiger partial charge in [0.05, 0.1) is 23.4 Å². The van der Waals surface area contributed by atoms with Gasteiger partial charge in [0.1, 0.15) is 5.65 Å². The third kappa shape index (κ3) is 3.06. The average molecular weight is 491 g/mol. The molecule has 0 bridgehead atoms. The van der Waals surface area contributed by atoms with Crippen molar-refractivity contribution in [1.82, 2.24) is 14.4 Å². The third-order valence-electron chi connectivity index (χ3n) is 6.82. The second-order valence-corrected chi connectivity index (χ2v) is 9.69. The molecule has 2 atom stereocenters. The van der Waals surface area contributed by atoms with Crippen LogP contribution in [0.25, 0.3) is 16.8 Å². The fraction of sp³-hybridized carbons (Fsp3) is 0.455. The number of nitrogens with zero attached hydrogens (tertiary/aromatic N) is 4. The summed E-state index contributed by atoms with van der Waals surface area (Å²) in [7, 11) is 0. The van der Waals surface area contributed by atoms with Crippen LogP contribution in [0.3, 0.4) is 0 Å². The maximum Gasteiger partial charge on any atom is 0.211 e. The van der Waals surface area contributed by atoms with Crippen LogP contribution in [0.1, 0.15) is 25.5 Å². The zero-order valence-electron chi connectivity index (χ0n) is 17.1. The number of piperidine rings is 1. The minimum Gasteiger partial charge on any atom is -0.376 e.